The van der Waals surface area contributed by atoms with E-state index in [1.54, 1.807) is 54.6 Å². The normalized spacial score (nSPS) is 10.6. The van der Waals surface area contributed by atoms with Crippen LogP contribution in [0.5, 0.6) is 0 Å². The highest BCUT2D eigenvalue weighted by Crippen LogP contribution is 2.30. The minimum atomic E-state index is -0.471. The van der Waals surface area contributed by atoms with Gasteiger partial charge in [-0.05, 0) is 77.3 Å². The summed E-state index contributed by atoms with van der Waals surface area (Å²) in [6.07, 6.45) is 0. The van der Waals surface area contributed by atoms with E-state index in [4.69, 9.17) is 28.2 Å². The lowest BCUT2D eigenvalue weighted by Gasteiger charge is -2.12. The summed E-state index contributed by atoms with van der Waals surface area (Å²) in [6.45, 7) is 0. The van der Waals surface area contributed by atoms with Crippen LogP contribution < -0.4 is 16.3 Å². The van der Waals surface area contributed by atoms with E-state index in [0.717, 1.165) is 8.96 Å². The Kier molecular flexibility index (Phi) is 6.35. The maximum Gasteiger partial charge on any atom is 0.344 e. The van der Waals surface area contributed by atoms with Crippen molar-refractivity contribution in [2.24, 2.45) is 0 Å². The van der Waals surface area contributed by atoms with Crippen molar-refractivity contribution in [3.63, 3.8) is 0 Å². The number of rotatable bonds is 3. The second-order valence-electron chi connectivity index (χ2n) is 6.60. The highest BCUT2D eigenvalue weighted by atomic mass is 127. The van der Waals surface area contributed by atoms with Crippen molar-refractivity contribution < 1.29 is 9.21 Å². The molecule has 1 amide bonds. The fourth-order valence-electron chi connectivity index (χ4n) is 3.03. The molecule has 0 bridgehead atoms. The third kappa shape index (κ3) is 4.95. The highest BCUT2D eigenvalue weighted by molar-refractivity contribution is 14.1. The number of nitrogens with one attached hydrogen (secondary N) is 2. The number of hydrogen-bond acceptors (Lipinski definition) is 4. The first-order chi connectivity index (χ1) is 14.9. The Hall–Kier alpha value is -2.75. The van der Waals surface area contributed by atoms with Crippen LogP contribution in [0.1, 0.15) is 10.4 Å². The number of thiocarbonyl (C=S) groups is 1. The van der Waals surface area contributed by atoms with Crippen LogP contribution in [0.4, 0.5) is 5.69 Å². The molecule has 0 fully saturated rings. The zero-order chi connectivity index (χ0) is 22.0. The van der Waals surface area contributed by atoms with Crippen molar-refractivity contribution in [3.05, 3.63) is 97.4 Å². The van der Waals surface area contributed by atoms with Crippen molar-refractivity contribution in [2.45, 2.75) is 0 Å². The van der Waals surface area contributed by atoms with E-state index in [1.165, 1.54) is 0 Å². The molecular weight excluding hydrogens is 547 g/mol. The molecule has 4 aromatic rings. The van der Waals surface area contributed by atoms with E-state index in [2.05, 4.69) is 33.2 Å². The number of para-hydroxylation sites is 1. The Labute approximate surface area is 201 Å². The molecule has 5 nitrogen and oxygen atoms in total. The second kappa shape index (κ2) is 9.17. The summed E-state index contributed by atoms with van der Waals surface area (Å²) in [5.41, 5.74) is 2.03. The highest BCUT2D eigenvalue weighted by Gasteiger charge is 2.13. The van der Waals surface area contributed by atoms with Gasteiger partial charge in [0, 0.05) is 25.8 Å². The van der Waals surface area contributed by atoms with Gasteiger partial charge in [-0.25, -0.2) is 4.79 Å². The van der Waals surface area contributed by atoms with Crippen LogP contribution in [0.25, 0.3) is 22.1 Å². The van der Waals surface area contributed by atoms with Gasteiger partial charge in [-0.15, -0.1) is 0 Å². The molecule has 0 aliphatic carbocycles. The molecule has 4 rings (SSSR count). The summed E-state index contributed by atoms with van der Waals surface area (Å²) in [6, 6.07) is 21.3. The lowest BCUT2D eigenvalue weighted by Crippen LogP contribution is -2.34. The molecule has 0 radical (unpaired) electrons. The number of hydrogen-bond donors (Lipinski definition) is 2. The standard InChI is InChI=1S/C23H14ClIN2O3S/c24-19-12-16(26-23(31)27-21(28)14-5-3-6-15(25)10-14)8-9-17(19)18-11-13-4-1-2-7-20(13)30-22(18)29/h1-12H,(H2,26,27,28,31). The number of halogens is 2. The van der Waals surface area contributed by atoms with Crippen molar-refractivity contribution in [1.82, 2.24) is 5.32 Å². The van der Waals surface area contributed by atoms with Gasteiger partial charge < -0.3 is 9.73 Å². The van der Waals surface area contributed by atoms with Crippen LogP contribution in [-0.2, 0) is 0 Å². The first-order valence-corrected chi connectivity index (χ1v) is 11.0. The van der Waals surface area contributed by atoms with Crippen LogP contribution in [-0.4, -0.2) is 11.0 Å². The number of amides is 1. The minimum absolute atomic E-state index is 0.137. The zero-order valence-electron chi connectivity index (χ0n) is 15.8. The lowest BCUT2D eigenvalue weighted by atomic mass is 10.1. The fraction of sp³-hybridized carbons (Fsp3) is 0. The average molecular weight is 561 g/mol. The van der Waals surface area contributed by atoms with E-state index < -0.39 is 5.63 Å². The summed E-state index contributed by atoms with van der Waals surface area (Å²) in [4.78, 5) is 24.8. The Morgan fingerprint density at radius 1 is 0.968 bits per heavy atom. The monoisotopic (exact) mass is 560 g/mol. The van der Waals surface area contributed by atoms with Crippen molar-refractivity contribution in [2.75, 3.05) is 5.32 Å². The van der Waals surface area contributed by atoms with Crippen molar-refractivity contribution in [1.29, 1.82) is 0 Å². The minimum Gasteiger partial charge on any atom is -0.422 e. The molecule has 0 spiro atoms. The third-order valence-corrected chi connectivity index (χ3v) is 5.66. The smallest absolute Gasteiger partial charge is 0.344 e. The maximum absolute atomic E-state index is 12.4. The molecule has 0 aliphatic heterocycles. The van der Waals surface area contributed by atoms with E-state index in [-0.39, 0.29) is 11.0 Å². The largest absolute Gasteiger partial charge is 0.422 e. The molecule has 0 saturated heterocycles. The van der Waals surface area contributed by atoms with E-state index in [1.807, 2.05) is 18.2 Å². The predicted molar refractivity (Wildman–Crippen MR) is 136 cm³/mol. The summed E-state index contributed by atoms with van der Waals surface area (Å²) in [5.74, 6) is -0.312. The Bertz CT molecular complexity index is 1390. The molecule has 1 heterocycles. The molecular formula is C23H14ClIN2O3S. The van der Waals surface area contributed by atoms with E-state index in [9.17, 15) is 9.59 Å². The number of carbonyl (C=O) groups is 1. The van der Waals surface area contributed by atoms with Crippen LogP contribution in [0.2, 0.25) is 5.02 Å². The van der Waals surface area contributed by atoms with Crippen molar-refractivity contribution in [3.8, 4) is 11.1 Å². The van der Waals surface area contributed by atoms with Crippen LogP contribution >= 0.6 is 46.4 Å². The molecule has 0 atom stereocenters. The van der Waals surface area contributed by atoms with Gasteiger partial charge >= 0.3 is 5.63 Å². The van der Waals surface area contributed by atoms with Gasteiger partial charge in [0.1, 0.15) is 5.58 Å². The maximum atomic E-state index is 12.4. The summed E-state index contributed by atoms with van der Waals surface area (Å²) in [5, 5.41) is 6.85. The molecule has 8 heteroatoms. The Balaban J connectivity index is 1.53. The number of carbonyl (C=O) groups excluding carboxylic acids is 1. The molecule has 0 unspecified atom stereocenters. The average Bonchev–Trinajstić information content (AvgIpc) is 2.73. The number of benzene rings is 3. The van der Waals surface area contributed by atoms with Crippen LogP contribution in [0, 0.1) is 3.57 Å². The molecule has 0 saturated carbocycles. The van der Waals surface area contributed by atoms with Crippen LogP contribution in [0.3, 0.4) is 0 Å². The van der Waals surface area contributed by atoms with Gasteiger partial charge in [-0.1, -0.05) is 41.9 Å². The van der Waals surface area contributed by atoms with Gasteiger partial charge in [-0.3, -0.25) is 10.1 Å². The zero-order valence-corrected chi connectivity index (χ0v) is 19.5. The summed E-state index contributed by atoms with van der Waals surface area (Å²) < 4.78 is 6.34. The van der Waals surface area contributed by atoms with E-state index in [0.29, 0.717) is 33.0 Å². The first kappa shape index (κ1) is 21.5. The van der Waals surface area contributed by atoms with Gasteiger partial charge in [0.05, 0.1) is 10.6 Å². The van der Waals surface area contributed by atoms with Gasteiger partial charge in [0.15, 0.2) is 5.11 Å². The summed E-state index contributed by atoms with van der Waals surface area (Å²) >= 11 is 13.8. The van der Waals surface area contributed by atoms with Crippen LogP contribution in [0.15, 0.2) is 82.0 Å². The third-order valence-electron chi connectivity index (χ3n) is 4.47. The lowest BCUT2D eigenvalue weighted by molar-refractivity contribution is 0.0977. The molecule has 0 aliphatic rings. The summed E-state index contributed by atoms with van der Waals surface area (Å²) in [7, 11) is 0. The van der Waals surface area contributed by atoms with Gasteiger partial charge in [0.2, 0.25) is 0 Å². The molecule has 3 aromatic carbocycles. The molecule has 31 heavy (non-hydrogen) atoms. The molecule has 154 valence electrons. The number of fused-ring (bicyclic) bond motifs is 1. The quantitative estimate of drug-likeness (QED) is 0.187. The van der Waals surface area contributed by atoms with Gasteiger partial charge in [-0.2, -0.15) is 0 Å². The molecule has 1 aromatic heterocycles. The second-order valence-corrected chi connectivity index (χ2v) is 8.66. The van der Waals surface area contributed by atoms with Gasteiger partial charge in [0.25, 0.3) is 5.91 Å². The fourth-order valence-corrected chi connectivity index (χ4v) is 4.06. The molecule has 2 N–H and O–H groups in total. The SMILES string of the molecule is O=C(NC(=S)Nc1ccc(-c2cc3ccccc3oc2=O)c(Cl)c1)c1cccc(I)c1. The first-order valence-electron chi connectivity index (χ1n) is 9.11. The topological polar surface area (TPSA) is 71.3 Å². The Morgan fingerprint density at radius 3 is 2.55 bits per heavy atom. The predicted octanol–water partition coefficient (Wildman–Crippen LogP) is 5.84. The van der Waals surface area contributed by atoms with E-state index >= 15 is 0 Å². The number of anilines is 1. The van der Waals surface area contributed by atoms with Crippen molar-refractivity contribution >= 4 is 74.1 Å². The Morgan fingerprint density at radius 2 is 1.77 bits per heavy atom.